The van der Waals surface area contributed by atoms with Gasteiger partial charge in [0.1, 0.15) is 0 Å². The number of hydrogen-bond acceptors (Lipinski definition) is 3. The van der Waals surface area contributed by atoms with Crippen LogP contribution in [0.25, 0.3) is 0 Å². The van der Waals surface area contributed by atoms with E-state index in [2.05, 4.69) is 21.2 Å². The Morgan fingerprint density at radius 2 is 2.50 bits per heavy atom. The maximum atomic E-state index is 4.95. The van der Waals surface area contributed by atoms with Crippen LogP contribution in [0.1, 0.15) is 0 Å². The molecule has 36 valence electrons. The van der Waals surface area contributed by atoms with E-state index in [0.29, 0.717) is 0 Å². The van der Waals surface area contributed by atoms with E-state index in [4.69, 9.17) is 11.6 Å². The van der Waals surface area contributed by atoms with Crippen LogP contribution in [0.2, 0.25) is 0 Å². The highest BCUT2D eigenvalue weighted by Crippen LogP contribution is 1.76. The summed E-state index contributed by atoms with van der Waals surface area (Å²) in [5, 5.41) is 5.60. The highest BCUT2D eigenvalue weighted by Gasteiger charge is 1.65. The lowest BCUT2D eigenvalue weighted by atomic mass is 11.7. The molecule has 0 spiro atoms. The van der Waals surface area contributed by atoms with E-state index in [1.54, 1.807) is 0 Å². The quantitative estimate of drug-likeness (QED) is 0.242. The standard InChI is InChI=1S/CH4ClN3O/c2-1-6-5-4-3/h1H2,(H2,3,5). The predicted molar refractivity (Wildman–Crippen MR) is 20.8 cm³/mol. The van der Waals surface area contributed by atoms with Crippen molar-refractivity contribution in [2.24, 2.45) is 16.3 Å². The van der Waals surface area contributed by atoms with Crippen molar-refractivity contribution in [3.63, 3.8) is 0 Å². The molecule has 0 bridgehead atoms. The molecule has 2 N–H and O–H groups in total. The number of hydrogen-bond donors (Lipinski definition) is 1. The van der Waals surface area contributed by atoms with Gasteiger partial charge in [0, 0.05) is 5.28 Å². The molecule has 0 radical (unpaired) electrons. The minimum Gasteiger partial charge on any atom is -0.362 e. The Balaban J connectivity index is 2.66. The van der Waals surface area contributed by atoms with Gasteiger partial charge in [-0.15, -0.1) is 0 Å². The molecular weight excluding hydrogens is 105 g/mol. The first kappa shape index (κ1) is 5.49. The topological polar surface area (TPSA) is 60.0 Å². The first-order chi connectivity index (χ1) is 2.91. The summed E-state index contributed by atoms with van der Waals surface area (Å²) in [6, 6.07) is -0.0132. The van der Waals surface area contributed by atoms with Gasteiger partial charge < -0.3 is 10.7 Å². The first-order valence-corrected chi connectivity index (χ1v) is 1.73. The third kappa shape index (κ3) is 3.49. The van der Waals surface area contributed by atoms with Crippen LogP contribution in [0.15, 0.2) is 10.5 Å². The van der Waals surface area contributed by atoms with Gasteiger partial charge in [0.05, 0.1) is 0 Å². The molecule has 6 heavy (non-hydrogen) atoms. The molecule has 0 saturated heterocycles. The Bertz CT molecular complexity index is 46.1. The molecule has 0 aliphatic heterocycles. The summed E-state index contributed by atoms with van der Waals surface area (Å²) < 4.78 is 0. The van der Waals surface area contributed by atoms with Crippen molar-refractivity contribution >= 4 is 11.6 Å². The van der Waals surface area contributed by atoms with E-state index in [1.807, 2.05) is 0 Å². The Morgan fingerprint density at radius 1 is 1.83 bits per heavy atom. The zero-order chi connectivity index (χ0) is 4.83. The van der Waals surface area contributed by atoms with Crippen LogP contribution < -0.4 is 5.84 Å². The average Bonchev–Trinajstić information content (AvgIpc) is 1.61. The molecule has 5 heteroatoms. The lowest BCUT2D eigenvalue weighted by Gasteiger charge is -1.80. The molecule has 4 nitrogen and oxygen atoms in total. The van der Waals surface area contributed by atoms with Crippen molar-refractivity contribution in [2.75, 3.05) is 6.07 Å². The van der Waals surface area contributed by atoms with E-state index >= 15 is 0 Å². The maximum absolute atomic E-state index is 4.95. The van der Waals surface area contributed by atoms with Crippen molar-refractivity contribution < 1.29 is 4.84 Å². The number of nitrogens with two attached hydrogens (primary N) is 1. The number of halogens is 1. The maximum Gasteiger partial charge on any atom is 0.192 e. The van der Waals surface area contributed by atoms with Gasteiger partial charge in [-0.2, -0.15) is 0 Å². The van der Waals surface area contributed by atoms with Crippen molar-refractivity contribution in [2.45, 2.75) is 0 Å². The highest BCUT2D eigenvalue weighted by atomic mass is 35.5. The summed E-state index contributed by atoms with van der Waals surface area (Å²) in [7, 11) is 0. The van der Waals surface area contributed by atoms with E-state index in [0.717, 1.165) is 0 Å². The highest BCUT2D eigenvalue weighted by molar-refractivity contribution is 6.17. The van der Waals surface area contributed by atoms with Gasteiger partial charge in [-0.05, 0) is 5.22 Å². The minimum atomic E-state index is -0.0132. The van der Waals surface area contributed by atoms with Crippen LogP contribution in [-0.4, -0.2) is 6.07 Å². The fourth-order valence-corrected chi connectivity index (χ4v) is 0.0988. The summed E-state index contributed by atoms with van der Waals surface area (Å²) in [6.45, 7) is 0. The van der Waals surface area contributed by atoms with Gasteiger partial charge >= 0.3 is 0 Å². The molecule has 0 amide bonds. The van der Waals surface area contributed by atoms with Crippen molar-refractivity contribution in [1.82, 2.24) is 0 Å². The van der Waals surface area contributed by atoms with Crippen LogP contribution in [-0.2, 0) is 4.84 Å². The van der Waals surface area contributed by atoms with Crippen molar-refractivity contribution in [1.29, 1.82) is 0 Å². The second-order valence-corrected chi connectivity index (χ2v) is 0.654. The van der Waals surface area contributed by atoms with Crippen LogP contribution in [0, 0.1) is 0 Å². The van der Waals surface area contributed by atoms with Crippen molar-refractivity contribution in [3.8, 4) is 0 Å². The van der Waals surface area contributed by atoms with Crippen LogP contribution in [0.5, 0.6) is 0 Å². The van der Waals surface area contributed by atoms with E-state index < -0.39 is 0 Å². The second-order valence-electron chi connectivity index (χ2n) is 0.435. The fourth-order valence-electron chi connectivity index (χ4n) is 0.0552. The zero-order valence-electron chi connectivity index (χ0n) is 2.97. The average molecular weight is 110 g/mol. The Morgan fingerprint density at radius 3 is 2.67 bits per heavy atom. The Kier molecular flexibility index (Phi) is 4.11. The molecular formula is CH4ClN3O. The summed E-state index contributed by atoms with van der Waals surface area (Å²) >= 11 is 4.95. The van der Waals surface area contributed by atoms with Crippen LogP contribution in [0.3, 0.4) is 0 Å². The van der Waals surface area contributed by atoms with Gasteiger partial charge in [0.25, 0.3) is 0 Å². The third-order valence-electron chi connectivity index (χ3n) is 0.154. The number of alkyl halides is 1. The lowest BCUT2D eigenvalue weighted by molar-refractivity contribution is 0.166. The van der Waals surface area contributed by atoms with E-state index in [9.17, 15) is 0 Å². The predicted octanol–water partition coefficient (Wildman–Crippen LogP) is 0.440. The van der Waals surface area contributed by atoms with Crippen LogP contribution >= 0.6 is 11.6 Å². The van der Waals surface area contributed by atoms with E-state index in [1.165, 1.54) is 0 Å². The second kappa shape index (κ2) is 4.49. The summed E-state index contributed by atoms with van der Waals surface area (Å²) in [5.41, 5.74) is 0. The van der Waals surface area contributed by atoms with Gasteiger partial charge in [-0.3, -0.25) is 0 Å². The normalized spacial score (nSPS) is 9.50. The van der Waals surface area contributed by atoms with Crippen molar-refractivity contribution in [3.05, 3.63) is 0 Å². The summed E-state index contributed by atoms with van der Waals surface area (Å²) in [4.78, 5) is 4.08. The molecule has 0 aromatic carbocycles. The molecule has 0 atom stereocenters. The molecule has 0 heterocycles. The van der Waals surface area contributed by atoms with Gasteiger partial charge in [-0.25, -0.2) is 0 Å². The molecule has 0 aromatic rings. The Labute approximate surface area is 39.9 Å². The molecule has 0 aliphatic carbocycles. The summed E-state index contributed by atoms with van der Waals surface area (Å²) in [5.74, 6) is 4.49. The third-order valence-corrected chi connectivity index (χ3v) is 0.251. The molecule has 0 aliphatic rings. The fraction of sp³-hybridized carbons (Fsp3) is 1.00. The van der Waals surface area contributed by atoms with E-state index in [-0.39, 0.29) is 6.07 Å². The largest absolute Gasteiger partial charge is 0.362 e. The SMILES string of the molecule is NN=NOCCl. The monoisotopic (exact) mass is 109 g/mol. The molecule has 0 fully saturated rings. The molecule has 0 saturated carbocycles. The minimum absolute atomic E-state index is 0.0132. The van der Waals surface area contributed by atoms with Gasteiger partial charge in [0.15, 0.2) is 6.07 Å². The lowest BCUT2D eigenvalue weighted by Crippen LogP contribution is -1.78. The number of nitrogens with zero attached hydrogens (tertiary/aromatic N) is 2. The van der Waals surface area contributed by atoms with Gasteiger partial charge in [0.2, 0.25) is 0 Å². The molecule has 0 aromatic heterocycles. The zero-order valence-corrected chi connectivity index (χ0v) is 3.72. The molecule has 0 unspecified atom stereocenters. The number of rotatable bonds is 2. The molecule has 0 rings (SSSR count). The first-order valence-electron chi connectivity index (χ1n) is 1.20. The Hall–Kier alpha value is -0.510. The summed E-state index contributed by atoms with van der Waals surface area (Å²) in [6.07, 6.45) is 0. The van der Waals surface area contributed by atoms with Crippen LogP contribution in [0.4, 0.5) is 0 Å². The van der Waals surface area contributed by atoms with Gasteiger partial charge in [-0.1, -0.05) is 11.6 Å². The smallest absolute Gasteiger partial charge is 0.192 e.